The van der Waals surface area contributed by atoms with Crippen LogP contribution in [0.1, 0.15) is 162 Å². The number of aromatic amines is 1. The standard InChI is InChI=1S/C61H80N4O5/c1-38(2)34-41-21-28-61(55(68)65-33-13-18-47(65)52-63-36-46(64-52)40-24-31-62-32-25-40)30-29-58(6)43(51(41)61)19-20-48-57(5)26-23-50(60(8,42-16-12-17-42)49(57)22-27-59(48,58)7)70-54(67)45-35-44(56(45,3)4)53(66)69-37-39-14-10-9-11-15-39/h9-12,14-16,24-25,31-32,36,41-45,47-51H,1,13,17-23,26-30,33-35,37H2,2-8H3,(H,63,64). The monoisotopic (exact) mass is 949 g/mol. The van der Waals surface area contributed by atoms with Gasteiger partial charge in [-0.15, -0.1) is 6.58 Å². The minimum atomic E-state index is -0.535. The molecular formula is C61H80N4O5. The molecule has 0 bridgehead atoms. The number of likely N-dealkylation sites (tertiary alicyclic amines) is 1. The maximum absolute atomic E-state index is 15.8. The molecular weight excluding hydrogens is 869 g/mol. The van der Waals surface area contributed by atoms with Crippen LogP contribution in [0.3, 0.4) is 0 Å². The molecule has 7 fully saturated rings. The molecule has 1 N–H and O–H groups in total. The summed E-state index contributed by atoms with van der Waals surface area (Å²) in [6.07, 6.45) is 25.3. The van der Waals surface area contributed by atoms with Gasteiger partial charge in [-0.1, -0.05) is 89.6 Å². The Kier molecular flexibility index (Phi) is 11.8. The maximum Gasteiger partial charge on any atom is 0.309 e. The number of esters is 2. The number of hydrogen-bond acceptors (Lipinski definition) is 7. The van der Waals surface area contributed by atoms with E-state index in [1.807, 2.05) is 74.9 Å². The number of fused-ring (bicyclic) bond motifs is 7. The lowest BCUT2D eigenvalue weighted by Gasteiger charge is -2.73. The summed E-state index contributed by atoms with van der Waals surface area (Å²) in [5.41, 5.74) is 3.51. The molecule has 0 radical (unpaired) electrons. The Balaban J connectivity index is 0.831. The average molecular weight is 949 g/mol. The van der Waals surface area contributed by atoms with Gasteiger partial charge in [0.05, 0.1) is 35.2 Å². The van der Waals surface area contributed by atoms with Crippen molar-refractivity contribution < 1.29 is 23.9 Å². The van der Waals surface area contributed by atoms with E-state index in [0.29, 0.717) is 47.8 Å². The number of hydrogen-bond donors (Lipinski definition) is 1. The number of ether oxygens (including phenoxy) is 2. The molecule has 11 rings (SSSR count). The Morgan fingerprint density at radius 2 is 1.59 bits per heavy atom. The van der Waals surface area contributed by atoms with Crippen molar-refractivity contribution in [2.45, 2.75) is 164 Å². The summed E-state index contributed by atoms with van der Waals surface area (Å²) in [5, 5.41) is 0. The predicted octanol–water partition coefficient (Wildman–Crippen LogP) is 13.1. The van der Waals surface area contributed by atoms with Crippen molar-refractivity contribution in [3.8, 4) is 11.3 Å². The summed E-state index contributed by atoms with van der Waals surface area (Å²) in [6, 6.07) is 13.8. The van der Waals surface area contributed by atoms with E-state index >= 15 is 4.79 Å². The second-order valence-corrected chi connectivity index (χ2v) is 25.7. The third-order valence-electron chi connectivity index (χ3n) is 22.6. The van der Waals surface area contributed by atoms with Gasteiger partial charge in [0.2, 0.25) is 5.91 Å². The van der Waals surface area contributed by atoms with Gasteiger partial charge < -0.3 is 19.4 Å². The molecule has 2 aromatic heterocycles. The van der Waals surface area contributed by atoms with Crippen LogP contribution in [0.25, 0.3) is 11.3 Å². The highest BCUT2D eigenvalue weighted by Crippen LogP contribution is 2.78. The van der Waals surface area contributed by atoms with Crippen molar-refractivity contribution in [2.75, 3.05) is 6.54 Å². The van der Waals surface area contributed by atoms with Crippen molar-refractivity contribution in [3.05, 3.63) is 96.7 Å². The first-order valence-electron chi connectivity index (χ1n) is 27.4. The Bertz CT molecular complexity index is 2540. The molecule has 3 aromatic rings. The van der Waals surface area contributed by atoms with Crippen LogP contribution in [0.5, 0.6) is 0 Å². The number of carbonyl (C=O) groups excluding carboxylic acids is 3. The number of H-pyrrole nitrogens is 1. The summed E-state index contributed by atoms with van der Waals surface area (Å²) in [6.45, 7) is 22.3. The number of allylic oxidation sites excluding steroid dienone is 3. The fraction of sp³-hybridized carbons (Fsp3) is 0.656. The van der Waals surface area contributed by atoms with E-state index in [4.69, 9.17) is 14.5 Å². The van der Waals surface area contributed by atoms with Crippen molar-refractivity contribution >= 4 is 17.8 Å². The lowest BCUT2D eigenvalue weighted by atomic mass is 9.31. The Labute approximate surface area is 417 Å². The SMILES string of the molecule is C=C(C)CC1CCC2(C(=O)N3CCCC3c3ncc(-c4ccncc4)[nH]3)CCC3(C)C(CCC4C5(C)CCC(OC(=O)C6CC(C(=O)OCc7ccccc7)C6(C)C)C(C)(C6C=CC6)C5CCC43C)C12. The topological polar surface area (TPSA) is 114 Å². The van der Waals surface area contributed by atoms with Crippen LogP contribution >= 0.6 is 0 Å². The van der Waals surface area contributed by atoms with Crippen LogP contribution in [0.15, 0.2) is 85.4 Å². The first-order chi connectivity index (χ1) is 33.5. The summed E-state index contributed by atoms with van der Waals surface area (Å²) in [5.74, 6) is 2.93. The second-order valence-electron chi connectivity index (χ2n) is 25.7. The fourth-order valence-corrected chi connectivity index (χ4v) is 18.5. The highest BCUT2D eigenvalue weighted by molar-refractivity contribution is 5.85. The molecule has 15 atom stereocenters. The van der Waals surface area contributed by atoms with Crippen LogP contribution in [0, 0.1) is 79.8 Å². The largest absolute Gasteiger partial charge is 0.462 e. The number of rotatable bonds is 11. The molecule has 374 valence electrons. The maximum atomic E-state index is 15.8. The zero-order valence-electron chi connectivity index (χ0n) is 43.3. The number of imidazole rings is 1. The van der Waals surface area contributed by atoms with Crippen molar-refractivity contribution in [1.82, 2.24) is 19.9 Å². The summed E-state index contributed by atoms with van der Waals surface area (Å²) in [4.78, 5) is 58.6. The highest BCUT2D eigenvalue weighted by atomic mass is 16.5. The zero-order chi connectivity index (χ0) is 49.0. The van der Waals surface area contributed by atoms with Crippen LogP contribution in [-0.2, 0) is 30.5 Å². The second kappa shape index (κ2) is 17.3. The van der Waals surface area contributed by atoms with Crippen LogP contribution < -0.4 is 0 Å². The van der Waals surface area contributed by atoms with Gasteiger partial charge in [-0.05, 0) is 178 Å². The summed E-state index contributed by atoms with van der Waals surface area (Å²) >= 11 is 0. The zero-order valence-corrected chi connectivity index (χ0v) is 43.3. The molecule has 7 aliphatic carbocycles. The number of amides is 1. The number of aromatic nitrogens is 3. The molecule has 8 aliphatic rings. The lowest BCUT2D eigenvalue weighted by Crippen LogP contribution is -2.68. The first-order valence-corrected chi connectivity index (χ1v) is 27.4. The van der Waals surface area contributed by atoms with E-state index < -0.39 is 5.41 Å². The molecule has 1 aliphatic heterocycles. The number of nitrogens with one attached hydrogen (secondary N) is 1. The molecule has 0 spiro atoms. The van der Waals surface area contributed by atoms with Crippen molar-refractivity contribution in [1.29, 1.82) is 0 Å². The quantitative estimate of drug-likeness (QED) is 0.150. The number of carbonyl (C=O) groups is 3. The molecule has 6 saturated carbocycles. The molecule has 1 amide bonds. The van der Waals surface area contributed by atoms with E-state index in [2.05, 4.69) is 68.2 Å². The average Bonchev–Trinajstić information content (AvgIpc) is 4.09. The van der Waals surface area contributed by atoms with Gasteiger partial charge in [0.1, 0.15) is 18.5 Å². The molecule has 3 heterocycles. The molecule has 9 nitrogen and oxygen atoms in total. The van der Waals surface area contributed by atoms with Gasteiger partial charge in [0, 0.05) is 29.9 Å². The van der Waals surface area contributed by atoms with Crippen LogP contribution in [-0.4, -0.2) is 50.3 Å². The van der Waals surface area contributed by atoms with Crippen LogP contribution in [0.2, 0.25) is 0 Å². The number of nitrogens with zero attached hydrogens (tertiary/aromatic N) is 3. The molecule has 15 unspecified atom stereocenters. The van der Waals surface area contributed by atoms with Crippen LogP contribution in [0.4, 0.5) is 0 Å². The minimum absolute atomic E-state index is 0.0320. The van der Waals surface area contributed by atoms with E-state index in [0.717, 1.165) is 99.8 Å². The van der Waals surface area contributed by atoms with E-state index in [-0.39, 0.29) is 69.6 Å². The number of benzene rings is 1. The molecule has 1 saturated heterocycles. The Hall–Kier alpha value is -4.53. The van der Waals surface area contributed by atoms with E-state index in [1.54, 1.807) is 0 Å². The minimum Gasteiger partial charge on any atom is -0.462 e. The third-order valence-corrected chi connectivity index (χ3v) is 22.6. The Morgan fingerprint density at radius 1 is 0.829 bits per heavy atom. The molecule has 1 aromatic carbocycles. The normalized spacial score (nSPS) is 41.2. The fourth-order valence-electron chi connectivity index (χ4n) is 18.5. The Morgan fingerprint density at radius 3 is 2.30 bits per heavy atom. The van der Waals surface area contributed by atoms with E-state index in [9.17, 15) is 9.59 Å². The van der Waals surface area contributed by atoms with Crippen molar-refractivity contribution in [3.63, 3.8) is 0 Å². The van der Waals surface area contributed by atoms with Gasteiger partial charge in [-0.3, -0.25) is 19.4 Å². The highest BCUT2D eigenvalue weighted by Gasteiger charge is 2.73. The summed E-state index contributed by atoms with van der Waals surface area (Å²) < 4.78 is 12.6. The van der Waals surface area contributed by atoms with Gasteiger partial charge in [0.25, 0.3) is 0 Å². The predicted molar refractivity (Wildman–Crippen MR) is 272 cm³/mol. The molecule has 70 heavy (non-hydrogen) atoms. The van der Waals surface area contributed by atoms with E-state index in [1.165, 1.54) is 24.8 Å². The number of pyridine rings is 1. The first kappa shape index (κ1) is 47.8. The van der Waals surface area contributed by atoms with Crippen molar-refractivity contribution in [2.24, 2.45) is 79.8 Å². The smallest absolute Gasteiger partial charge is 0.309 e. The van der Waals surface area contributed by atoms with Gasteiger partial charge in [-0.25, -0.2) is 4.98 Å². The van der Waals surface area contributed by atoms with Gasteiger partial charge >= 0.3 is 11.9 Å². The summed E-state index contributed by atoms with van der Waals surface area (Å²) in [7, 11) is 0. The third kappa shape index (κ3) is 7.12. The molecule has 9 heteroatoms. The lowest BCUT2D eigenvalue weighted by molar-refractivity contribution is -0.260. The van der Waals surface area contributed by atoms with Gasteiger partial charge in [0.15, 0.2) is 0 Å². The van der Waals surface area contributed by atoms with Gasteiger partial charge in [-0.2, -0.15) is 0 Å².